The first kappa shape index (κ1) is 22.3. The molecule has 4 rings (SSSR count). The van der Waals surface area contributed by atoms with E-state index in [9.17, 15) is 34.6 Å². The fraction of sp³-hybridized carbons (Fsp3) is 0.0870. The van der Waals surface area contributed by atoms with Crippen molar-refractivity contribution in [1.82, 2.24) is 4.90 Å². The van der Waals surface area contributed by atoms with Gasteiger partial charge >= 0.3 is 0 Å². The molecule has 1 atom stereocenters. The molecular weight excluding hydrogens is 444 g/mol. The van der Waals surface area contributed by atoms with Crippen LogP contribution >= 0.6 is 0 Å². The van der Waals surface area contributed by atoms with Crippen LogP contribution in [0.4, 0.5) is 17.1 Å². The number of amides is 3. The van der Waals surface area contributed by atoms with E-state index in [-0.39, 0.29) is 34.6 Å². The van der Waals surface area contributed by atoms with Crippen molar-refractivity contribution in [2.24, 2.45) is 0 Å². The molecule has 0 radical (unpaired) electrons. The number of non-ortho nitro benzene ring substituents is 2. The van der Waals surface area contributed by atoms with Crippen LogP contribution in [0.1, 0.15) is 26.3 Å². The maximum absolute atomic E-state index is 13.3. The van der Waals surface area contributed by atoms with Crippen LogP contribution in [0.25, 0.3) is 0 Å². The molecule has 0 aromatic heterocycles. The average molecular weight is 460 g/mol. The van der Waals surface area contributed by atoms with E-state index in [1.165, 1.54) is 48.5 Å². The predicted octanol–water partition coefficient (Wildman–Crippen LogP) is 3.35. The molecule has 11 nitrogen and oxygen atoms in total. The Morgan fingerprint density at radius 1 is 0.824 bits per heavy atom. The fourth-order valence-corrected chi connectivity index (χ4v) is 3.74. The zero-order valence-electron chi connectivity index (χ0n) is 17.4. The van der Waals surface area contributed by atoms with E-state index in [1.54, 1.807) is 18.2 Å². The number of nitrogens with one attached hydrogen (secondary N) is 1. The Morgan fingerprint density at radius 2 is 1.38 bits per heavy atom. The van der Waals surface area contributed by atoms with Gasteiger partial charge in [-0.05, 0) is 23.8 Å². The van der Waals surface area contributed by atoms with Gasteiger partial charge in [0.1, 0.15) is 6.04 Å². The van der Waals surface area contributed by atoms with Gasteiger partial charge < -0.3 is 5.32 Å². The van der Waals surface area contributed by atoms with E-state index >= 15 is 0 Å². The number of carbonyl (C=O) groups is 3. The van der Waals surface area contributed by atoms with Crippen molar-refractivity contribution >= 4 is 34.8 Å². The Hall–Kier alpha value is -4.93. The van der Waals surface area contributed by atoms with E-state index in [0.29, 0.717) is 5.56 Å². The van der Waals surface area contributed by atoms with Gasteiger partial charge in [-0.25, -0.2) is 0 Å². The number of imide groups is 1. The molecule has 0 spiro atoms. The normalized spacial score (nSPS) is 13.4. The molecule has 1 unspecified atom stereocenters. The first-order valence-electron chi connectivity index (χ1n) is 10.0. The Balaban J connectivity index is 1.70. The Kier molecular flexibility index (Phi) is 5.83. The monoisotopic (exact) mass is 460 g/mol. The third kappa shape index (κ3) is 4.21. The number of anilines is 1. The molecule has 0 aliphatic carbocycles. The van der Waals surface area contributed by atoms with Crippen LogP contribution in [0.5, 0.6) is 0 Å². The summed E-state index contributed by atoms with van der Waals surface area (Å²) in [4.78, 5) is 61.2. The summed E-state index contributed by atoms with van der Waals surface area (Å²) in [6.07, 6.45) is -0.200. The lowest BCUT2D eigenvalue weighted by Crippen LogP contribution is -2.48. The Labute approximate surface area is 191 Å². The number of benzene rings is 3. The molecule has 1 aliphatic rings. The smallest absolute Gasteiger partial charge is 0.271 e. The van der Waals surface area contributed by atoms with Crippen molar-refractivity contribution in [2.75, 3.05) is 5.32 Å². The van der Waals surface area contributed by atoms with Gasteiger partial charge in [-0.3, -0.25) is 39.5 Å². The summed E-state index contributed by atoms with van der Waals surface area (Å²) in [5.74, 6) is -2.13. The zero-order chi connectivity index (χ0) is 24.4. The van der Waals surface area contributed by atoms with Crippen LogP contribution in [-0.4, -0.2) is 38.5 Å². The molecule has 11 heteroatoms. The van der Waals surface area contributed by atoms with Crippen molar-refractivity contribution in [1.29, 1.82) is 0 Å². The Morgan fingerprint density at radius 3 is 1.97 bits per heavy atom. The molecule has 0 fully saturated rings. The van der Waals surface area contributed by atoms with Crippen molar-refractivity contribution in [3.05, 3.63) is 110 Å². The van der Waals surface area contributed by atoms with Gasteiger partial charge in [0.25, 0.3) is 23.2 Å². The van der Waals surface area contributed by atoms with Crippen molar-refractivity contribution in [2.45, 2.75) is 12.5 Å². The second kappa shape index (κ2) is 8.90. The van der Waals surface area contributed by atoms with Gasteiger partial charge in [-0.2, -0.15) is 0 Å². The highest BCUT2D eigenvalue weighted by Gasteiger charge is 2.42. The fourth-order valence-electron chi connectivity index (χ4n) is 3.74. The van der Waals surface area contributed by atoms with Crippen molar-refractivity contribution in [3.8, 4) is 0 Å². The summed E-state index contributed by atoms with van der Waals surface area (Å²) in [5.41, 5.74) is 0.260. The van der Waals surface area contributed by atoms with Gasteiger partial charge in [0, 0.05) is 36.4 Å². The minimum atomic E-state index is -1.37. The molecule has 0 saturated heterocycles. The average Bonchev–Trinajstić information content (AvgIpc) is 3.08. The molecule has 170 valence electrons. The van der Waals surface area contributed by atoms with Crippen LogP contribution in [-0.2, 0) is 11.2 Å². The van der Waals surface area contributed by atoms with Gasteiger partial charge in [-0.15, -0.1) is 0 Å². The highest BCUT2D eigenvalue weighted by molar-refractivity contribution is 6.23. The number of fused-ring (bicyclic) bond motifs is 1. The quantitative estimate of drug-likeness (QED) is 0.322. The molecule has 3 aromatic rings. The molecule has 1 N–H and O–H groups in total. The number of rotatable bonds is 7. The lowest BCUT2D eigenvalue weighted by molar-refractivity contribution is -0.385. The number of nitrogens with zero attached hydrogens (tertiary/aromatic N) is 3. The second-order valence-corrected chi connectivity index (χ2v) is 7.47. The third-order valence-corrected chi connectivity index (χ3v) is 5.31. The number of nitro benzene ring substituents is 2. The predicted molar refractivity (Wildman–Crippen MR) is 119 cm³/mol. The molecule has 1 aliphatic heterocycles. The van der Waals surface area contributed by atoms with Gasteiger partial charge in [0.15, 0.2) is 0 Å². The SMILES string of the molecule is O=C(Nc1cccc([N+](=O)[O-])c1)C(Cc1cccc([N+](=O)[O-])c1)N1C(=O)c2ccccc2C1=O. The van der Waals surface area contributed by atoms with E-state index in [2.05, 4.69) is 5.32 Å². The minimum Gasteiger partial charge on any atom is -0.324 e. The van der Waals surface area contributed by atoms with Crippen molar-refractivity contribution < 1.29 is 24.2 Å². The number of nitro groups is 2. The van der Waals surface area contributed by atoms with Crippen LogP contribution < -0.4 is 5.32 Å². The van der Waals surface area contributed by atoms with Gasteiger partial charge in [0.2, 0.25) is 5.91 Å². The molecule has 3 amide bonds. The van der Waals surface area contributed by atoms with Crippen LogP contribution in [0.2, 0.25) is 0 Å². The summed E-state index contributed by atoms with van der Waals surface area (Å²) in [5, 5.41) is 24.7. The van der Waals surface area contributed by atoms with E-state index in [0.717, 1.165) is 11.0 Å². The summed E-state index contributed by atoms with van der Waals surface area (Å²) in [6.45, 7) is 0. The lowest BCUT2D eigenvalue weighted by Gasteiger charge is -2.25. The summed E-state index contributed by atoms with van der Waals surface area (Å²) >= 11 is 0. The summed E-state index contributed by atoms with van der Waals surface area (Å²) in [7, 11) is 0. The highest BCUT2D eigenvalue weighted by atomic mass is 16.6. The maximum Gasteiger partial charge on any atom is 0.271 e. The van der Waals surface area contributed by atoms with E-state index in [4.69, 9.17) is 0 Å². The van der Waals surface area contributed by atoms with Crippen LogP contribution in [0.15, 0.2) is 72.8 Å². The van der Waals surface area contributed by atoms with Crippen molar-refractivity contribution in [3.63, 3.8) is 0 Å². The first-order valence-corrected chi connectivity index (χ1v) is 10.0. The number of hydrogen-bond acceptors (Lipinski definition) is 7. The van der Waals surface area contributed by atoms with Gasteiger partial charge in [0.05, 0.1) is 21.0 Å². The molecule has 1 heterocycles. The molecule has 0 saturated carbocycles. The van der Waals surface area contributed by atoms with Gasteiger partial charge in [-0.1, -0.05) is 30.3 Å². The largest absolute Gasteiger partial charge is 0.324 e. The first-order chi connectivity index (χ1) is 16.3. The Bertz CT molecular complexity index is 1320. The standard InChI is InChI=1S/C23H16N4O7/c28-21(24-15-6-4-8-17(13-15)27(33)34)20(12-14-5-3-7-16(11-14)26(31)32)25-22(29)18-9-1-2-10-19(18)23(25)30/h1-11,13,20H,12H2,(H,24,28). The third-order valence-electron chi connectivity index (χ3n) is 5.31. The van der Waals surface area contributed by atoms with Crippen LogP contribution in [0, 0.1) is 20.2 Å². The topological polar surface area (TPSA) is 153 Å². The highest BCUT2D eigenvalue weighted by Crippen LogP contribution is 2.27. The summed E-state index contributed by atoms with van der Waals surface area (Å²) < 4.78 is 0. The second-order valence-electron chi connectivity index (χ2n) is 7.47. The minimum absolute atomic E-state index is 0.0971. The van der Waals surface area contributed by atoms with Crippen LogP contribution in [0.3, 0.4) is 0 Å². The van der Waals surface area contributed by atoms with E-state index < -0.39 is 33.6 Å². The maximum atomic E-state index is 13.3. The summed E-state index contributed by atoms with van der Waals surface area (Å²) in [6, 6.07) is 15.5. The van der Waals surface area contributed by atoms with E-state index in [1.807, 2.05) is 0 Å². The molecule has 34 heavy (non-hydrogen) atoms. The lowest BCUT2D eigenvalue weighted by atomic mass is 10.0. The zero-order valence-corrected chi connectivity index (χ0v) is 17.4. The number of carbonyl (C=O) groups excluding carboxylic acids is 3. The molecular formula is C23H16N4O7. The molecule has 3 aromatic carbocycles. The number of hydrogen-bond donors (Lipinski definition) is 1. The molecule has 0 bridgehead atoms.